The summed E-state index contributed by atoms with van der Waals surface area (Å²) in [5.74, 6) is 3.88. The van der Waals surface area contributed by atoms with Gasteiger partial charge in [-0.1, -0.05) is 48.4 Å². The third-order valence-electron chi connectivity index (χ3n) is 6.17. The summed E-state index contributed by atoms with van der Waals surface area (Å²) < 4.78 is 19.5. The lowest BCUT2D eigenvalue weighted by atomic mass is 10.1. The summed E-state index contributed by atoms with van der Waals surface area (Å²) in [4.78, 5) is 2.20. The number of terminal acetylenes is 1. The van der Waals surface area contributed by atoms with Crippen molar-refractivity contribution in [1.29, 1.82) is 0 Å². The Labute approximate surface area is 213 Å². The van der Waals surface area contributed by atoms with Crippen molar-refractivity contribution in [2.45, 2.75) is 38.5 Å². The van der Waals surface area contributed by atoms with E-state index < -0.39 is 6.10 Å². The molecule has 3 aromatic rings. The quantitative estimate of drug-likeness (QED) is 0.304. The third kappa shape index (κ3) is 6.96. The van der Waals surface area contributed by atoms with E-state index in [-0.39, 0.29) is 19.3 Å². The van der Waals surface area contributed by atoms with Gasteiger partial charge in [-0.15, -0.1) is 6.42 Å². The first-order chi connectivity index (χ1) is 17.5. The number of rotatable bonds is 12. The van der Waals surface area contributed by atoms with Crippen LogP contribution in [0.2, 0.25) is 0 Å². The molecule has 7 heteroatoms. The van der Waals surface area contributed by atoms with E-state index in [9.17, 15) is 5.11 Å². The molecule has 190 valence electrons. The van der Waals surface area contributed by atoms with Crippen LogP contribution in [0, 0.1) is 19.3 Å². The van der Waals surface area contributed by atoms with Crippen LogP contribution in [0.15, 0.2) is 54.6 Å². The lowest BCUT2D eigenvalue weighted by molar-refractivity contribution is 0.00943. The highest BCUT2D eigenvalue weighted by Gasteiger charge is 2.26. The second-order valence-electron chi connectivity index (χ2n) is 9.24. The van der Waals surface area contributed by atoms with E-state index in [4.69, 9.17) is 25.7 Å². The fourth-order valence-electron chi connectivity index (χ4n) is 4.55. The number of aliphatic hydroxyl groups is 1. The zero-order chi connectivity index (χ0) is 25.3. The first-order valence-corrected chi connectivity index (χ1v) is 12.4. The number of hydrogen-bond donors (Lipinski definition) is 1. The lowest BCUT2D eigenvalue weighted by Gasteiger charge is -2.27. The van der Waals surface area contributed by atoms with Crippen molar-refractivity contribution in [3.63, 3.8) is 0 Å². The van der Waals surface area contributed by atoms with Gasteiger partial charge in [0, 0.05) is 38.9 Å². The van der Waals surface area contributed by atoms with Crippen molar-refractivity contribution in [3.8, 4) is 35.2 Å². The Kier molecular flexibility index (Phi) is 9.15. The van der Waals surface area contributed by atoms with Crippen LogP contribution < -0.4 is 4.74 Å². The molecular formula is C29H35N3O4. The molecule has 0 amide bonds. The summed E-state index contributed by atoms with van der Waals surface area (Å²) in [6.07, 6.45) is 6.78. The molecule has 36 heavy (non-hydrogen) atoms. The Morgan fingerprint density at radius 3 is 2.81 bits per heavy atom. The lowest BCUT2D eigenvalue weighted by Crippen LogP contribution is -2.39. The zero-order valence-electron chi connectivity index (χ0n) is 21.1. The molecule has 2 aromatic carbocycles. The molecule has 0 saturated carbocycles. The van der Waals surface area contributed by atoms with Crippen molar-refractivity contribution >= 4 is 0 Å². The SMILES string of the molecule is C#CCOC[C@@H](O)CN(Cc1c(-c2ccccc2)nn(C)c1Oc1cccc(C)c1)C[C@H]1CCCO1. The summed E-state index contributed by atoms with van der Waals surface area (Å²) in [6.45, 7) is 4.81. The summed E-state index contributed by atoms with van der Waals surface area (Å²) in [5.41, 5.74) is 3.95. The molecule has 7 nitrogen and oxygen atoms in total. The summed E-state index contributed by atoms with van der Waals surface area (Å²) >= 11 is 0. The minimum atomic E-state index is -0.683. The van der Waals surface area contributed by atoms with Crippen LogP contribution in [0.1, 0.15) is 24.0 Å². The van der Waals surface area contributed by atoms with Crippen LogP contribution in [0.4, 0.5) is 0 Å². The van der Waals surface area contributed by atoms with E-state index in [1.807, 2.05) is 56.4 Å². The third-order valence-corrected chi connectivity index (χ3v) is 6.17. The molecule has 2 heterocycles. The van der Waals surface area contributed by atoms with Gasteiger partial charge in [0.15, 0.2) is 0 Å². The highest BCUT2D eigenvalue weighted by atomic mass is 16.5. The second-order valence-corrected chi connectivity index (χ2v) is 9.24. The van der Waals surface area contributed by atoms with Crippen LogP contribution in [0.5, 0.6) is 11.6 Å². The largest absolute Gasteiger partial charge is 0.439 e. The van der Waals surface area contributed by atoms with Gasteiger partial charge in [0.1, 0.15) is 18.1 Å². The van der Waals surface area contributed by atoms with E-state index in [0.717, 1.165) is 47.6 Å². The van der Waals surface area contributed by atoms with E-state index in [0.29, 0.717) is 25.5 Å². The molecule has 0 radical (unpaired) electrons. The Morgan fingerprint density at radius 1 is 1.25 bits per heavy atom. The Morgan fingerprint density at radius 2 is 2.08 bits per heavy atom. The monoisotopic (exact) mass is 489 g/mol. The van der Waals surface area contributed by atoms with Crippen LogP contribution in [-0.2, 0) is 23.1 Å². The van der Waals surface area contributed by atoms with Crippen molar-refractivity contribution in [2.24, 2.45) is 7.05 Å². The zero-order valence-corrected chi connectivity index (χ0v) is 21.1. The number of aliphatic hydroxyl groups excluding tert-OH is 1. The minimum Gasteiger partial charge on any atom is -0.439 e. The average Bonchev–Trinajstić information content (AvgIpc) is 3.48. The summed E-state index contributed by atoms with van der Waals surface area (Å²) in [5, 5.41) is 15.5. The molecule has 0 unspecified atom stereocenters. The Hall–Kier alpha value is -3.15. The van der Waals surface area contributed by atoms with Crippen molar-refractivity contribution in [2.75, 3.05) is 32.9 Å². The normalized spacial score (nSPS) is 16.2. The minimum absolute atomic E-state index is 0.127. The average molecular weight is 490 g/mol. The van der Waals surface area contributed by atoms with Crippen LogP contribution in [0.3, 0.4) is 0 Å². The maximum Gasteiger partial charge on any atom is 0.222 e. The fraction of sp³-hybridized carbons (Fsp3) is 0.414. The van der Waals surface area contributed by atoms with Gasteiger partial charge in [-0.2, -0.15) is 5.10 Å². The molecule has 4 rings (SSSR count). The fourth-order valence-corrected chi connectivity index (χ4v) is 4.55. The molecule has 0 spiro atoms. The smallest absolute Gasteiger partial charge is 0.222 e. The second kappa shape index (κ2) is 12.7. The van der Waals surface area contributed by atoms with Crippen molar-refractivity contribution in [3.05, 3.63) is 65.7 Å². The Balaban J connectivity index is 1.65. The molecule has 1 N–H and O–H groups in total. The number of aromatic nitrogens is 2. The summed E-state index contributed by atoms with van der Waals surface area (Å²) in [7, 11) is 1.90. The maximum atomic E-state index is 10.7. The Bertz CT molecular complexity index is 1150. The molecule has 2 atom stereocenters. The van der Waals surface area contributed by atoms with Crippen molar-refractivity contribution < 1.29 is 19.3 Å². The number of hydrogen-bond acceptors (Lipinski definition) is 6. The van der Waals surface area contributed by atoms with Crippen LogP contribution >= 0.6 is 0 Å². The van der Waals surface area contributed by atoms with Gasteiger partial charge in [-0.05, 0) is 37.5 Å². The van der Waals surface area contributed by atoms with Gasteiger partial charge < -0.3 is 19.3 Å². The van der Waals surface area contributed by atoms with E-state index >= 15 is 0 Å². The first-order valence-electron chi connectivity index (χ1n) is 12.4. The number of benzene rings is 2. The summed E-state index contributed by atoms with van der Waals surface area (Å²) in [6, 6.07) is 18.1. The van der Waals surface area contributed by atoms with Gasteiger partial charge in [-0.3, -0.25) is 4.90 Å². The highest BCUT2D eigenvalue weighted by Crippen LogP contribution is 2.34. The van der Waals surface area contributed by atoms with E-state index in [1.165, 1.54) is 0 Å². The molecule has 1 saturated heterocycles. The van der Waals surface area contributed by atoms with Gasteiger partial charge >= 0.3 is 0 Å². The van der Waals surface area contributed by atoms with Gasteiger partial charge in [0.2, 0.25) is 5.88 Å². The molecule has 0 bridgehead atoms. The predicted molar refractivity (Wildman–Crippen MR) is 140 cm³/mol. The molecule has 1 aromatic heterocycles. The molecule has 1 aliphatic rings. The van der Waals surface area contributed by atoms with Gasteiger partial charge in [0.25, 0.3) is 0 Å². The van der Waals surface area contributed by atoms with Gasteiger partial charge in [-0.25, -0.2) is 4.68 Å². The van der Waals surface area contributed by atoms with E-state index in [2.05, 4.69) is 23.0 Å². The molecule has 1 fully saturated rings. The van der Waals surface area contributed by atoms with Gasteiger partial charge in [0.05, 0.1) is 24.4 Å². The predicted octanol–water partition coefficient (Wildman–Crippen LogP) is 4.18. The molecule has 1 aliphatic heterocycles. The standard InChI is InChI=1S/C29H35N3O4/c1-4-15-34-21-24(33)18-32(19-26-14-9-16-35-26)20-27-28(23-11-6-5-7-12-23)30-31(3)29(27)36-25-13-8-10-22(2)17-25/h1,5-8,10-13,17,24,26,33H,9,14-16,18-21H2,2-3H3/t24-,26+/m0/s1. The first kappa shape index (κ1) is 25.9. The maximum absolute atomic E-state index is 10.7. The topological polar surface area (TPSA) is 69.0 Å². The van der Waals surface area contributed by atoms with E-state index in [1.54, 1.807) is 4.68 Å². The van der Waals surface area contributed by atoms with Crippen LogP contribution in [-0.4, -0.2) is 64.9 Å². The van der Waals surface area contributed by atoms with Crippen molar-refractivity contribution in [1.82, 2.24) is 14.7 Å². The number of aryl methyl sites for hydroxylation is 2. The number of nitrogens with zero attached hydrogens (tertiary/aromatic N) is 3. The van der Waals surface area contributed by atoms with Crippen LogP contribution in [0.25, 0.3) is 11.3 Å². The highest BCUT2D eigenvalue weighted by molar-refractivity contribution is 5.65. The molecular weight excluding hydrogens is 454 g/mol. The number of ether oxygens (including phenoxy) is 3. The molecule has 0 aliphatic carbocycles.